The number of hydrogen-bond acceptors (Lipinski definition) is 10. The van der Waals surface area contributed by atoms with Crippen LogP contribution in [0.25, 0.3) is 16.9 Å². The number of hydrogen-bond donors (Lipinski definition) is 5. The maximum atomic E-state index is 14.4. The third-order valence-electron chi connectivity index (χ3n) is 10.3. The van der Waals surface area contributed by atoms with Crippen molar-refractivity contribution in [3.8, 4) is 16.9 Å². The summed E-state index contributed by atoms with van der Waals surface area (Å²) in [5.74, 6) is -8.68. The van der Waals surface area contributed by atoms with Crippen LogP contribution in [0.5, 0.6) is 5.75 Å². The van der Waals surface area contributed by atoms with Gasteiger partial charge in [-0.2, -0.15) is 0 Å². The first-order chi connectivity index (χ1) is 23.2. The zero-order chi connectivity index (χ0) is 35.3. The van der Waals surface area contributed by atoms with Crippen LogP contribution in [-0.4, -0.2) is 85.3 Å². The summed E-state index contributed by atoms with van der Waals surface area (Å²) in [6, 6.07) is 14.3. The second-order valence-electron chi connectivity index (χ2n) is 13.4. The number of Topliss-reactive ketones (excluding diaryl/α,β-unsaturated/α-hetero) is 2. The highest BCUT2D eigenvalue weighted by Gasteiger charge is 2.64. The van der Waals surface area contributed by atoms with Crippen molar-refractivity contribution in [3.63, 3.8) is 0 Å². The van der Waals surface area contributed by atoms with Crippen LogP contribution >= 0.6 is 0 Å². The molecule has 0 spiro atoms. The lowest BCUT2D eigenvalue weighted by Gasteiger charge is -2.50. The molecule has 0 saturated heterocycles. The number of fused-ring (bicyclic) bond motifs is 4. The maximum Gasteiger partial charge on any atom is 0.261 e. The highest BCUT2D eigenvalue weighted by molar-refractivity contribution is 6.24. The van der Waals surface area contributed by atoms with Crippen molar-refractivity contribution >= 4 is 35.0 Å². The van der Waals surface area contributed by atoms with Crippen molar-refractivity contribution in [1.82, 2.24) is 9.80 Å². The monoisotopic (exact) mass is 663 g/mol. The highest BCUT2D eigenvalue weighted by atomic mass is 16.3. The number of aryl methyl sites for hydroxylation is 1. The van der Waals surface area contributed by atoms with Crippen molar-refractivity contribution in [2.75, 3.05) is 14.1 Å². The largest absolute Gasteiger partial charge is 0.508 e. The van der Waals surface area contributed by atoms with Gasteiger partial charge in [0.2, 0.25) is 5.78 Å². The predicted octanol–water partition coefficient (Wildman–Crippen LogP) is 2.74. The number of phenols is 1. The van der Waals surface area contributed by atoms with Crippen LogP contribution in [0.4, 0.5) is 0 Å². The van der Waals surface area contributed by atoms with E-state index in [4.69, 9.17) is 5.73 Å². The Morgan fingerprint density at radius 1 is 0.959 bits per heavy atom. The van der Waals surface area contributed by atoms with Gasteiger partial charge in [-0.1, -0.05) is 42.0 Å². The van der Waals surface area contributed by atoms with E-state index >= 15 is 0 Å². The normalized spacial score (nSPS) is 24.7. The number of benzene rings is 3. The first-order valence-corrected chi connectivity index (χ1v) is 15.7. The fraction of sp³-hybridized carbons (Fsp3) is 0.270. The second-order valence-corrected chi connectivity index (χ2v) is 13.4. The lowest BCUT2D eigenvalue weighted by atomic mass is 9.57. The summed E-state index contributed by atoms with van der Waals surface area (Å²) < 4.78 is 0. The molecule has 6 N–H and O–H groups in total. The Balaban J connectivity index is 1.43. The molecule has 250 valence electrons. The Morgan fingerprint density at radius 2 is 1.61 bits per heavy atom. The van der Waals surface area contributed by atoms with E-state index in [-0.39, 0.29) is 47.2 Å². The van der Waals surface area contributed by atoms with Gasteiger partial charge >= 0.3 is 0 Å². The zero-order valence-electron chi connectivity index (χ0n) is 26.9. The fourth-order valence-corrected chi connectivity index (χ4v) is 8.11. The van der Waals surface area contributed by atoms with Crippen molar-refractivity contribution in [2.24, 2.45) is 17.6 Å². The second kappa shape index (κ2) is 11.0. The molecule has 0 aromatic heterocycles. The number of nitrogens with zero attached hydrogens (tertiary/aromatic N) is 2. The average molecular weight is 664 g/mol. The number of carbonyl (C=O) groups is 5. The average Bonchev–Trinajstić information content (AvgIpc) is 3.28. The third kappa shape index (κ3) is 4.40. The molecule has 1 fully saturated rings. The molecule has 3 amide bonds. The molecule has 1 aliphatic heterocycles. The van der Waals surface area contributed by atoms with E-state index in [1.165, 1.54) is 31.1 Å². The molecule has 3 aliphatic carbocycles. The van der Waals surface area contributed by atoms with Gasteiger partial charge in [-0.15, -0.1) is 0 Å². The summed E-state index contributed by atoms with van der Waals surface area (Å²) in [5, 5.41) is 46.8. The molecule has 1 heterocycles. The number of imide groups is 1. The quantitative estimate of drug-likeness (QED) is 0.200. The number of rotatable bonds is 5. The molecule has 1 saturated carbocycles. The summed E-state index contributed by atoms with van der Waals surface area (Å²) in [6.07, 6.45) is 0.0231. The van der Waals surface area contributed by atoms with Crippen LogP contribution in [-0.2, 0) is 27.3 Å². The summed E-state index contributed by atoms with van der Waals surface area (Å²) in [6.45, 7) is 1.54. The first-order valence-electron chi connectivity index (χ1n) is 15.7. The molecule has 7 rings (SSSR count). The standard InChI is InChI=1S/C37H33N3O9/c1-16-7-6-8-17(11-16)22-13-19(15-40-35(47)20-9-4-5-10-21(20)36(40)48)29(41)26-23(22)12-18-14-24-28(39(2)3)31(43)27(34(38)46)33(45)37(24,49)32(44)25(18)30(26)42/h4-11,13,18,24,28,41-42,45,49H,12,14-15H2,1-3H3,(H2,38,46). The Labute approximate surface area is 280 Å². The molecule has 4 atom stereocenters. The van der Waals surface area contributed by atoms with Gasteiger partial charge in [0.05, 0.1) is 29.3 Å². The molecule has 0 bridgehead atoms. The zero-order valence-corrected chi connectivity index (χ0v) is 26.9. The number of likely N-dealkylation sites (N-methyl/N-ethyl adjacent to an activating group) is 1. The predicted molar refractivity (Wildman–Crippen MR) is 175 cm³/mol. The van der Waals surface area contributed by atoms with E-state index in [1.54, 1.807) is 18.2 Å². The van der Waals surface area contributed by atoms with Gasteiger partial charge in [0, 0.05) is 17.1 Å². The van der Waals surface area contributed by atoms with Crippen LogP contribution in [0.3, 0.4) is 0 Å². The molecular formula is C37H33N3O9. The van der Waals surface area contributed by atoms with Gasteiger partial charge in [-0.3, -0.25) is 33.8 Å². The number of nitrogens with two attached hydrogens (primary N) is 1. The maximum absolute atomic E-state index is 14.4. The Bertz CT molecular complexity index is 2100. The molecule has 3 aromatic rings. The molecule has 12 nitrogen and oxygen atoms in total. The molecular weight excluding hydrogens is 630 g/mol. The Morgan fingerprint density at radius 3 is 2.20 bits per heavy atom. The molecule has 49 heavy (non-hydrogen) atoms. The van der Waals surface area contributed by atoms with Crippen LogP contribution in [0.2, 0.25) is 0 Å². The van der Waals surface area contributed by atoms with Gasteiger partial charge in [-0.25, -0.2) is 0 Å². The summed E-state index contributed by atoms with van der Waals surface area (Å²) in [4.78, 5) is 69.1. The lowest BCUT2D eigenvalue weighted by Crippen LogP contribution is -2.65. The topological polar surface area (TPSA) is 199 Å². The SMILES string of the molecule is Cc1cccc(-c2cc(CN3C(=O)c4ccccc4C3=O)c(O)c3c2CC2CC4C(N(C)C)C(=O)C(C(N)=O)=C(O)C4(O)C(=O)C2=C3O)c1. The van der Waals surface area contributed by atoms with E-state index in [0.717, 1.165) is 10.5 Å². The summed E-state index contributed by atoms with van der Waals surface area (Å²) in [7, 11) is 3.08. The number of phenolic OH excluding ortho intramolecular Hbond substituents is 1. The van der Waals surface area contributed by atoms with Gasteiger partial charge in [0.1, 0.15) is 22.8 Å². The van der Waals surface area contributed by atoms with E-state index < -0.39 is 75.6 Å². The minimum Gasteiger partial charge on any atom is -0.508 e. The van der Waals surface area contributed by atoms with E-state index in [9.17, 15) is 44.4 Å². The fourth-order valence-electron chi connectivity index (χ4n) is 8.11. The Kier molecular flexibility index (Phi) is 7.16. The minimum absolute atomic E-state index is 0.0590. The van der Waals surface area contributed by atoms with Crippen molar-refractivity contribution in [1.29, 1.82) is 0 Å². The number of ketones is 2. The van der Waals surface area contributed by atoms with Gasteiger partial charge in [-0.05, 0) is 74.7 Å². The van der Waals surface area contributed by atoms with E-state index in [1.807, 2.05) is 31.2 Å². The molecule has 4 aliphatic rings. The van der Waals surface area contributed by atoms with Crippen LogP contribution < -0.4 is 5.73 Å². The van der Waals surface area contributed by atoms with Gasteiger partial charge < -0.3 is 26.2 Å². The van der Waals surface area contributed by atoms with Crippen LogP contribution in [0.1, 0.15) is 49.4 Å². The third-order valence-corrected chi connectivity index (χ3v) is 10.3. The van der Waals surface area contributed by atoms with E-state index in [2.05, 4.69) is 0 Å². The molecule has 12 heteroatoms. The lowest BCUT2D eigenvalue weighted by molar-refractivity contribution is -0.153. The first kappa shape index (κ1) is 32.0. The number of carbonyl (C=O) groups excluding carboxylic acids is 5. The minimum atomic E-state index is -2.78. The van der Waals surface area contributed by atoms with Crippen molar-refractivity contribution in [3.05, 3.63) is 105 Å². The highest BCUT2D eigenvalue weighted by Crippen LogP contribution is 2.54. The number of amides is 3. The van der Waals surface area contributed by atoms with Crippen LogP contribution in [0.15, 0.2) is 71.5 Å². The number of aromatic hydroxyl groups is 1. The summed E-state index contributed by atoms with van der Waals surface area (Å²) >= 11 is 0. The molecule has 0 radical (unpaired) electrons. The van der Waals surface area contributed by atoms with Gasteiger partial charge in [0.25, 0.3) is 17.7 Å². The van der Waals surface area contributed by atoms with E-state index in [0.29, 0.717) is 16.7 Å². The molecule has 4 unspecified atom stereocenters. The molecule has 3 aromatic carbocycles. The number of aliphatic hydroxyl groups is 3. The van der Waals surface area contributed by atoms with Crippen molar-refractivity contribution in [2.45, 2.75) is 38.0 Å². The van der Waals surface area contributed by atoms with Crippen molar-refractivity contribution < 1.29 is 44.4 Å². The Hall–Kier alpha value is -5.59. The van der Waals surface area contributed by atoms with Gasteiger partial charge in [0.15, 0.2) is 11.4 Å². The number of primary amides is 1. The van der Waals surface area contributed by atoms with Crippen LogP contribution in [0, 0.1) is 18.8 Å². The number of aliphatic hydroxyl groups excluding tert-OH is 2. The summed E-state index contributed by atoms with van der Waals surface area (Å²) in [5.41, 5.74) is 4.56. The smallest absolute Gasteiger partial charge is 0.261 e.